The first-order valence-corrected chi connectivity index (χ1v) is 6.71. The molecule has 0 aromatic rings. The average Bonchev–Trinajstić information content (AvgIpc) is 3.01. The lowest BCUT2D eigenvalue weighted by atomic mass is 9.94. The summed E-state index contributed by atoms with van der Waals surface area (Å²) in [5.41, 5.74) is 4.90. The smallest absolute Gasteiger partial charge is 0.237 e. The third kappa shape index (κ3) is 5.04. The Labute approximate surface area is 105 Å². The Morgan fingerprint density at radius 1 is 1.53 bits per heavy atom. The summed E-state index contributed by atoms with van der Waals surface area (Å²) in [6.07, 6.45) is 4.60. The predicted octanol–water partition coefficient (Wildman–Crippen LogP) is 0.962. The van der Waals surface area contributed by atoms with Gasteiger partial charge in [-0.25, -0.2) is 0 Å². The van der Waals surface area contributed by atoms with Crippen molar-refractivity contribution in [2.75, 3.05) is 26.7 Å². The molecule has 0 heterocycles. The number of carbonyl (C=O) groups excluding carboxylic acids is 1. The zero-order valence-corrected chi connectivity index (χ0v) is 11.5. The van der Waals surface area contributed by atoms with Gasteiger partial charge >= 0.3 is 0 Å². The summed E-state index contributed by atoms with van der Waals surface area (Å²) >= 11 is 0. The summed E-state index contributed by atoms with van der Waals surface area (Å²) in [5, 5.41) is 3.19. The average molecular weight is 241 g/mol. The number of amides is 1. The molecule has 4 heteroatoms. The Kier molecular flexibility index (Phi) is 5.40. The van der Waals surface area contributed by atoms with Crippen LogP contribution in [-0.4, -0.2) is 43.0 Å². The lowest BCUT2D eigenvalue weighted by Crippen LogP contribution is -2.53. The van der Waals surface area contributed by atoms with Gasteiger partial charge in [0.15, 0.2) is 0 Å². The second-order valence-electron chi connectivity index (χ2n) is 5.54. The topological polar surface area (TPSA) is 58.4 Å². The van der Waals surface area contributed by atoms with Crippen molar-refractivity contribution >= 4 is 5.91 Å². The molecule has 1 amide bonds. The minimum atomic E-state index is -0.546. The minimum absolute atomic E-state index is 0.246. The number of primary amides is 1. The maximum atomic E-state index is 11.4. The summed E-state index contributed by atoms with van der Waals surface area (Å²) in [4.78, 5) is 13.8. The molecule has 0 aliphatic heterocycles. The second kappa shape index (κ2) is 6.36. The molecule has 1 saturated carbocycles. The van der Waals surface area contributed by atoms with E-state index in [0.29, 0.717) is 0 Å². The molecule has 0 bridgehead atoms. The third-order valence-corrected chi connectivity index (χ3v) is 3.59. The zero-order valence-electron chi connectivity index (χ0n) is 11.5. The molecule has 0 aromatic heterocycles. The molecule has 3 N–H and O–H groups in total. The van der Waals surface area contributed by atoms with Gasteiger partial charge < -0.3 is 16.0 Å². The van der Waals surface area contributed by atoms with E-state index in [1.807, 2.05) is 13.8 Å². The number of carbonyl (C=O) groups is 1. The summed E-state index contributed by atoms with van der Waals surface area (Å²) < 4.78 is 0. The highest BCUT2D eigenvalue weighted by molar-refractivity contribution is 5.84. The molecule has 0 radical (unpaired) electrons. The number of rotatable bonds is 9. The lowest BCUT2D eigenvalue weighted by molar-refractivity contribution is -0.124. The molecule has 1 rings (SSSR count). The van der Waals surface area contributed by atoms with Crippen molar-refractivity contribution in [1.82, 2.24) is 10.2 Å². The van der Waals surface area contributed by atoms with Gasteiger partial charge in [-0.3, -0.25) is 4.79 Å². The predicted molar refractivity (Wildman–Crippen MR) is 70.7 cm³/mol. The van der Waals surface area contributed by atoms with Crippen molar-refractivity contribution in [3.8, 4) is 0 Å². The highest BCUT2D eigenvalue weighted by atomic mass is 16.1. The summed E-state index contributed by atoms with van der Waals surface area (Å²) in [7, 11) is 2.16. The van der Waals surface area contributed by atoms with E-state index < -0.39 is 5.54 Å². The van der Waals surface area contributed by atoms with E-state index >= 15 is 0 Å². The normalized spacial score (nSPS) is 19.3. The summed E-state index contributed by atoms with van der Waals surface area (Å²) in [6, 6.07) is 0. The molecular weight excluding hydrogens is 214 g/mol. The number of hydrogen-bond donors (Lipinski definition) is 2. The van der Waals surface area contributed by atoms with E-state index in [2.05, 4.69) is 17.3 Å². The minimum Gasteiger partial charge on any atom is -0.368 e. The first-order valence-electron chi connectivity index (χ1n) is 6.71. The van der Waals surface area contributed by atoms with Crippen LogP contribution in [0, 0.1) is 5.92 Å². The largest absolute Gasteiger partial charge is 0.368 e. The van der Waals surface area contributed by atoms with Crippen LogP contribution in [0.3, 0.4) is 0 Å². The van der Waals surface area contributed by atoms with Crippen LogP contribution in [0.2, 0.25) is 0 Å². The molecule has 4 nitrogen and oxygen atoms in total. The fourth-order valence-corrected chi connectivity index (χ4v) is 2.22. The lowest BCUT2D eigenvalue weighted by Gasteiger charge is -2.28. The van der Waals surface area contributed by atoms with Crippen LogP contribution in [0.5, 0.6) is 0 Å². The molecule has 1 unspecified atom stereocenters. The van der Waals surface area contributed by atoms with Crippen molar-refractivity contribution in [1.29, 1.82) is 0 Å². The Morgan fingerprint density at radius 2 is 2.18 bits per heavy atom. The van der Waals surface area contributed by atoms with Gasteiger partial charge in [0.2, 0.25) is 5.91 Å². The van der Waals surface area contributed by atoms with Crippen LogP contribution >= 0.6 is 0 Å². The quantitative estimate of drug-likeness (QED) is 0.632. The van der Waals surface area contributed by atoms with Crippen LogP contribution in [0.15, 0.2) is 0 Å². The maximum absolute atomic E-state index is 11.4. The Hall–Kier alpha value is -0.610. The SMILES string of the molecule is CCNC(C)(CCCN(C)CC1CC1)C(N)=O. The summed E-state index contributed by atoms with van der Waals surface area (Å²) in [5.74, 6) is 0.681. The number of nitrogens with zero attached hydrogens (tertiary/aromatic N) is 1. The van der Waals surface area contributed by atoms with Crippen molar-refractivity contribution in [3.05, 3.63) is 0 Å². The molecule has 0 spiro atoms. The van der Waals surface area contributed by atoms with E-state index in [1.54, 1.807) is 0 Å². The molecule has 0 saturated heterocycles. The molecule has 100 valence electrons. The van der Waals surface area contributed by atoms with Crippen molar-refractivity contribution in [2.24, 2.45) is 11.7 Å². The van der Waals surface area contributed by atoms with Gasteiger partial charge in [-0.1, -0.05) is 6.92 Å². The Balaban J connectivity index is 2.23. The Morgan fingerprint density at radius 3 is 2.65 bits per heavy atom. The maximum Gasteiger partial charge on any atom is 0.237 e. The first kappa shape index (κ1) is 14.5. The van der Waals surface area contributed by atoms with Gasteiger partial charge in [0.25, 0.3) is 0 Å². The highest BCUT2D eigenvalue weighted by Gasteiger charge is 2.29. The van der Waals surface area contributed by atoms with Gasteiger partial charge in [-0.05, 0) is 58.7 Å². The van der Waals surface area contributed by atoms with E-state index in [4.69, 9.17) is 5.73 Å². The fourth-order valence-electron chi connectivity index (χ4n) is 2.22. The van der Waals surface area contributed by atoms with Crippen LogP contribution in [-0.2, 0) is 4.79 Å². The highest BCUT2D eigenvalue weighted by Crippen LogP contribution is 2.29. The molecule has 1 fully saturated rings. The van der Waals surface area contributed by atoms with Gasteiger partial charge in [0.1, 0.15) is 0 Å². The molecular formula is C13H27N3O. The fraction of sp³-hybridized carbons (Fsp3) is 0.923. The number of nitrogens with two attached hydrogens (primary N) is 1. The second-order valence-corrected chi connectivity index (χ2v) is 5.54. The van der Waals surface area contributed by atoms with Crippen molar-refractivity contribution in [2.45, 2.75) is 45.1 Å². The molecule has 1 aliphatic rings. The monoisotopic (exact) mass is 241 g/mol. The first-order chi connectivity index (χ1) is 7.98. The van der Waals surface area contributed by atoms with Crippen molar-refractivity contribution < 1.29 is 4.79 Å². The van der Waals surface area contributed by atoms with Gasteiger partial charge in [-0.15, -0.1) is 0 Å². The molecule has 1 aliphatic carbocycles. The van der Waals surface area contributed by atoms with E-state index in [1.165, 1.54) is 19.4 Å². The van der Waals surface area contributed by atoms with Gasteiger partial charge in [-0.2, -0.15) is 0 Å². The Bertz CT molecular complexity index is 253. The van der Waals surface area contributed by atoms with Gasteiger partial charge in [0, 0.05) is 6.54 Å². The van der Waals surface area contributed by atoms with E-state index in [0.717, 1.165) is 31.8 Å². The van der Waals surface area contributed by atoms with Crippen LogP contribution in [0.1, 0.15) is 39.5 Å². The zero-order chi connectivity index (χ0) is 12.9. The summed E-state index contributed by atoms with van der Waals surface area (Å²) in [6.45, 7) is 6.93. The standard InChI is InChI=1S/C13H27N3O/c1-4-15-13(2,12(14)17)8-5-9-16(3)10-11-6-7-11/h11,15H,4-10H2,1-3H3,(H2,14,17). The van der Waals surface area contributed by atoms with Crippen LogP contribution in [0.4, 0.5) is 0 Å². The molecule has 0 aromatic carbocycles. The molecule has 17 heavy (non-hydrogen) atoms. The van der Waals surface area contributed by atoms with E-state index in [-0.39, 0.29) is 5.91 Å². The molecule has 1 atom stereocenters. The van der Waals surface area contributed by atoms with Gasteiger partial charge in [0.05, 0.1) is 5.54 Å². The third-order valence-electron chi connectivity index (χ3n) is 3.59. The van der Waals surface area contributed by atoms with Crippen LogP contribution < -0.4 is 11.1 Å². The number of likely N-dealkylation sites (N-methyl/N-ethyl adjacent to an activating group) is 1. The van der Waals surface area contributed by atoms with E-state index in [9.17, 15) is 4.79 Å². The number of nitrogens with one attached hydrogen (secondary N) is 1. The number of hydrogen-bond acceptors (Lipinski definition) is 3. The van der Waals surface area contributed by atoms with Crippen molar-refractivity contribution in [3.63, 3.8) is 0 Å². The van der Waals surface area contributed by atoms with Crippen LogP contribution in [0.25, 0.3) is 0 Å².